The van der Waals surface area contributed by atoms with Crippen LogP contribution in [0.1, 0.15) is 60.9 Å². The van der Waals surface area contributed by atoms with Gasteiger partial charge in [-0.2, -0.15) is 12.6 Å². The SMILES string of the molecule is Cc1c(C)c(C)c(C(S)c2c(C)c(C)c(C)c(C)c2P)c(P)c1C. The Labute approximate surface area is 158 Å². The zero-order chi connectivity index (χ0) is 18.5. The molecule has 2 unspecified atom stereocenters. The van der Waals surface area contributed by atoms with Gasteiger partial charge in [-0.1, -0.05) is 0 Å². The first-order valence-electron chi connectivity index (χ1n) is 8.41. The Balaban J connectivity index is 2.84. The lowest BCUT2D eigenvalue weighted by atomic mass is 9.86. The van der Waals surface area contributed by atoms with Crippen LogP contribution in [0.3, 0.4) is 0 Å². The summed E-state index contributed by atoms with van der Waals surface area (Å²) in [5.41, 5.74) is 13.7. The third-order valence-electron chi connectivity index (χ3n) is 6.12. The Kier molecular flexibility index (Phi) is 5.91. The molecule has 0 aliphatic rings. The van der Waals surface area contributed by atoms with Crippen LogP contribution in [-0.2, 0) is 0 Å². The van der Waals surface area contributed by atoms with Gasteiger partial charge in [0, 0.05) is 0 Å². The van der Waals surface area contributed by atoms with E-state index in [4.69, 9.17) is 12.6 Å². The molecule has 0 fully saturated rings. The molecule has 0 heterocycles. The van der Waals surface area contributed by atoms with Gasteiger partial charge in [-0.3, -0.25) is 0 Å². The summed E-state index contributed by atoms with van der Waals surface area (Å²) >= 11 is 5.12. The highest BCUT2D eigenvalue weighted by atomic mass is 32.1. The standard InChI is InChI=1S/C21H30P2S/c1-9-11(3)15(7)19(22)17(13(9)5)21(24)18-14(6)10(2)12(4)16(8)20(18)23/h21,24H,22-23H2,1-8H3. The molecule has 2 rings (SSSR count). The zero-order valence-corrected chi connectivity index (χ0v) is 19.4. The maximum atomic E-state index is 5.12. The monoisotopic (exact) mass is 376 g/mol. The quantitative estimate of drug-likeness (QED) is 0.542. The normalized spacial score (nSPS) is 11.5. The number of hydrogen-bond acceptors (Lipinski definition) is 1. The van der Waals surface area contributed by atoms with Gasteiger partial charge in [-0.15, -0.1) is 18.5 Å². The molecule has 0 N–H and O–H groups in total. The molecule has 0 amide bonds. The molecule has 0 bridgehead atoms. The van der Waals surface area contributed by atoms with Crippen molar-refractivity contribution in [3.8, 4) is 0 Å². The molecule has 2 aromatic carbocycles. The lowest BCUT2D eigenvalue weighted by Gasteiger charge is -2.27. The first-order chi connectivity index (χ1) is 11.0. The Morgan fingerprint density at radius 2 is 0.750 bits per heavy atom. The van der Waals surface area contributed by atoms with Crippen LogP contribution >= 0.6 is 31.1 Å². The molecular weight excluding hydrogens is 346 g/mol. The number of thiol groups is 1. The van der Waals surface area contributed by atoms with Crippen LogP contribution in [0.4, 0.5) is 0 Å². The van der Waals surface area contributed by atoms with Crippen molar-refractivity contribution in [3.05, 3.63) is 55.6 Å². The molecule has 130 valence electrons. The summed E-state index contributed by atoms with van der Waals surface area (Å²) in [5.74, 6) is 0. The maximum Gasteiger partial charge on any atom is 0.0534 e. The number of rotatable bonds is 2. The molecule has 0 aliphatic heterocycles. The summed E-state index contributed by atoms with van der Waals surface area (Å²) in [6, 6.07) is 0. The van der Waals surface area contributed by atoms with Crippen LogP contribution in [0, 0.1) is 55.4 Å². The Morgan fingerprint density at radius 1 is 0.500 bits per heavy atom. The van der Waals surface area contributed by atoms with E-state index in [2.05, 4.69) is 73.9 Å². The molecule has 3 heteroatoms. The molecule has 0 saturated heterocycles. The van der Waals surface area contributed by atoms with Crippen LogP contribution < -0.4 is 10.6 Å². The minimum atomic E-state index is 0.0843. The average molecular weight is 376 g/mol. The number of benzene rings is 2. The van der Waals surface area contributed by atoms with E-state index in [1.54, 1.807) is 0 Å². The van der Waals surface area contributed by atoms with E-state index in [1.807, 2.05) is 0 Å². The third-order valence-corrected chi connectivity index (χ3v) is 8.12. The van der Waals surface area contributed by atoms with E-state index >= 15 is 0 Å². The molecule has 0 aliphatic carbocycles. The first-order valence-corrected chi connectivity index (χ1v) is 10.1. The largest absolute Gasteiger partial charge is 0.166 e. The smallest absolute Gasteiger partial charge is 0.0534 e. The van der Waals surface area contributed by atoms with Crippen molar-refractivity contribution in [2.24, 2.45) is 0 Å². The number of hydrogen-bond donors (Lipinski definition) is 1. The average Bonchev–Trinajstić information content (AvgIpc) is 2.55. The van der Waals surface area contributed by atoms with Crippen molar-refractivity contribution in [1.82, 2.24) is 0 Å². The topological polar surface area (TPSA) is 0 Å². The third kappa shape index (κ3) is 2.98. The second-order valence-electron chi connectivity index (χ2n) is 7.06. The summed E-state index contributed by atoms with van der Waals surface area (Å²) < 4.78 is 0. The predicted molar refractivity (Wildman–Crippen MR) is 120 cm³/mol. The molecule has 0 aromatic heterocycles. The summed E-state index contributed by atoms with van der Waals surface area (Å²) in [6.07, 6.45) is 0. The van der Waals surface area contributed by atoms with E-state index < -0.39 is 0 Å². The van der Waals surface area contributed by atoms with E-state index in [0.29, 0.717) is 0 Å². The van der Waals surface area contributed by atoms with Gasteiger partial charge in [0.15, 0.2) is 0 Å². The van der Waals surface area contributed by atoms with E-state index in [1.165, 1.54) is 66.2 Å². The van der Waals surface area contributed by atoms with Gasteiger partial charge in [0.25, 0.3) is 0 Å². The minimum Gasteiger partial charge on any atom is -0.166 e. The van der Waals surface area contributed by atoms with Gasteiger partial charge in [0.05, 0.1) is 5.25 Å². The minimum absolute atomic E-state index is 0.0843. The van der Waals surface area contributed by atoms with Crippen LogP contribution in [0.15, 0.2) is 0 Å². The lowest BCUT2D eigenvalue weighted by molar-refractivity contribution is 1.07. The molecule has 0 saturated carbocycles. The summed E-state index contributed by atoms with van der Waals surface area (Å²) in [5, 5.41) is 2.69. The van der Waals surface area contributed by atoms with Gasteiger partial charge >= 0.3 is 0 Å². The summed E-state index contributed by atoms with van der Waals surface area (Å²) in [6.45, 7) is 17.8. The van der Waals surface area contributed by atoms with Crippen molar-refractivity contribution >= 4 is 41.7 Å². The van der Waals surface area contributed by atoms with E-state index in [9.17, 15) is 0 Å². The predicted octanol–water partition coefficient (Wildman–Crippen LogP) is 5.17. The van der Waals surface area contributed by atoms with Gasteiger partial charge in [-0.25, -0.2) is 0 Å². The van der Waals surface area contributed by atoms with Crippen LogP contribution in [0.2, 0.25) is 0 Å². The molecule has 0 radical (unpaired) electrons. The van der Waals surface area contributed by atoms with E-state index in [-0.39, 0.29) is 5.25 Å². The van der Waals surface area contributed by atoms with Crippen LogP contribution in [0.25, 0.3) is 0 Å². The highest BCUT2D eigenvalue weighted by Crippen LogP contribution is 2.37. The highest BCUT2D eigenvalue weighted by Gasteiger charge is 2.24. The first kappa shape index (κ1) is 20.0. The Bertz CT molecular complexity index is 707. The Hall–Kier alpha value is -0.350. The zero-order valence-electron chi connectivity index (χ0n) is 16.2. The fourth-order valence-electron chi connectivity index (χ4n) is 3.59. The van der Waals surface area contributed by atoms with Crippen LogP contribution in [-0.4, -0.2) is 0 Å². The fraction of sp³-hybridized carbons (Fsp3) is 0.429. The fourth-order valence-corrected chi connectivity index (χ4v) is 5.74. The summed E-state index contributed by atoms with van der Waals surface area (Å²) in [4.78, 5) is 0. The van der Waals surface area contributed by atoms with Crippen molar-refractivity contribution in [2.45, 2.75) is 60.6 Å². The molecular formula is C21H30P2S. The molecule has 2 aromatic rings. The lowest BCUT2D eigenvalue weighted by Crippen LogP contribution is -2.20. The molecule has 0 spiro atoms. The van der Waals surface area contributed by atoms with Crippen molar-refractivity contribution in [1.29, 1.82) is 0 Å². The van der Waals surface area contributed by atoms with Crippen molar-refractivity contribution in [2.75, 3.05) is 0 Å². The van der Waals surface area contributed by atoms with Gasteiger partial charge < -0.3 is 0 Å². The summed E-state index contributed by atoms with van der Waals surface area (Å²) in [7, 11) is 5.93. The van der Waals surface area contributed by atoms with Crippen molar-refractivity contribution in [3.63, 3.8) is 0 Å². The van der Waals surface area contributed by atoms with Gasteiger partial charge in [0.2, 0.25) is 0 Å². The van der Waals surface area contributed by atoms with E-state index in [0.717, 1.165) is 0 Å². The van der Waals surface area contributed by atoms with Crippen molar-refractivity contribution < 1.29 is 0 Å². The highest BCUT2D eigenvalue weighted by molar-refractivity contribution is 7.80. The Morgan fingerprint density at radius 3 is 1.04 bits per heavy atom. The second-order valence-corrected chi connectivity index (χ2v) is 8.73. The molecule has 2 atom stereocenters. The van der Waals surface area contributed by atoms with Crippen LogP contribution in [0.5, 0.6) is 0 Å². The maximum absolute atomic E-state index is 5.12. The molecule has 24 heavy (non-hydrogen) atoms. The van der Waals surface area contributed by atoms with Gasteiger partial charge in [-0.05, 0) is 122 Å². The second kappa shape index (κ2) is 7.11. The van der Waals surface area contributed by atoms with Gasteiger partial charge in [0.1, 0.15) is 0 Å². The molecule has 0 nitrogen and oxygen atoms in total.